The molecule has 2 N–H and O–H groups in total. The molecule has 23 heavy (non-hydrogen) atoms. The largest absolute Gasteiger partial charge is 0.397 e. The van der Waals surface area contributed by atoms with Crippen molar-refractivity contribution in [1.29, 1.82) is 10.5 Å². The Balaban J connectivity index is 0.000000409. The summed E-state index contributed by atoms with van der Waals surface area (Å²) in [7, 11) is 0. The third-order valence-corrected chi connectivity index (χ3v) is 2.66. The van der Waals surface area contributed by atoms with Crippen molar-refractivity contribution in [3.63, 3.8) is 0 Å². The summed E-state index contributed by atoms with van der Waals surface area (Å²) < 4.78 is 0. The molecular formula is C14H12N6O2Zn. The Hall–Kier alpha value is -2.90. The van der Waals surface area contributed by atoms with Gasteiger partial charge in [-0.05, 0) is 31.5 Å². The molecule has 0 atom stereocenters. The number of pyridine rings is 2. The summed E-state index contributed by atoms with van der Waals surface area (Å²) in [5, 5.41) is 27.1. The van der Waals surface area contributed by atoms with Gasteiger partial charge in [0.1, 0.15) is 29.7 Å². The first-order chi connectivity index (χ1) is 10.4. The van der Waals surface area contributed by atoms with E-state index in [0.29, 0.717) is 16.9 Å². The number of aryl methyl sites for hydroxylation is 2. The van der Waals surface area contributed by atoms with Crippen LogP contribution in [0.15, 0.2) is 24.5 Å². The standard InChI is InChI=1S/C7H5N3O2.C7H7N3.Zn/c1-5-2-6(3-8)9-4-7(5)10(11)12;1-5-2-6(3-8)10-4-7(5)9;/h2,4H,1H3;2,4H,9H2,1H3;. The van der Waals surface area contributed by atoms with Gasteiger partial charge in [-0.25, -0.2) is 9.97 Å². The van der Waals surface area contributed by atoms with E-state index in [1.54, 1.807) is 19.1 Å². The molecule has 9 heteroatoms. The predicted molar refractivity (Wildman–Crippen MR) is 78.4 cm³/mol. The van der Waals surface area contributed by atoms with Crippen molar-refractivity contribution in [3.8, 4) is 12.1 Å². The fourth-order valence-corrected chi connectivity index (χ4v) is 1.43. The van der Waals surface area contributed by atoms with Gasteiger partial charge in [0.25, 0.3) is 5.69 Å². The van der Waals surface area contributed by atoms with Crippen LogP contribution in [-0.4, -0.2) is 14.9 Å². The summed E-state index contributed by atoms with van der Waals surface area (Å²) in [4.78, 5) is 17.1. The Morgan fingerprint density at radius 1 is 1.09 bits per heavy atom. The third-order valence-electron chi connectivity index (χ3n) is 2.66. The van der Waals surface area contributed by atoms with Gasteiger partial charge in [0.2, 0.25) is 0 Å². The Morgan fingerprint density at radius 2 is 1.57 bits per heavy atom. The average molecular weight is 362 g/mol. The fraction of sp³-hybridized carbons (Fsp3) is 0.143. The van der Waals surface area contributed by atoms with Crippen LogP contribution >= 0.6 is 0 Å². The number of rotatable bonds is 1. The molecule has 2 aromatic heterocycles. The van der Waals surface area contributed by atoms with Gasteiger partial charge in [-0.2, -0.15) is 10.5 Å². The number of nitrogens with two attached hydrogens (primary N) is 1. The number of hydrogen-bond donors (Lipinski definition) is 1. The first-order valence-electron chi connectivity index (χ1n) is 6.02. The Morgan fingerprint density at radius 3 is 1.96 bits per heavy atom. The number of hydrogen-bond acceptors (Lipinski definition) is 7. The van der Waals surface area contributed by atoms with Gasteiger partial charge < -0.3 is 5.73 Å². The van der Waals surface area contributed by atoms with Crippen LogP contribution in [0, 0.1) is 46.6 Å². The molecule has 0 radical (unpaired) electrons. The molecule has 0 aromatic carbocycles. The van der Waals surface area contributed by atoms with Gasteiger partial charge in [-0.3, -0.25) is 10.1 Å². The van der Waals surface area contributed by atoms with Crippen LogP contribution in [0.3, 0.4) is 0 Å². The number of nitriles is 2. The van der Waals surface area contributed by atoms with Crippen molar-refractivity contribution in [1.82, 2.24) is 9.97 Å². The molecule has 0 aliphatic rings. The van der Waals surface area contributed by atoms with Crippen LogP contribution in [0.1, 0.15) is 22.5 Å². The minimum absolute atomic E-state index is 0. The Kier molecular flexibility index (Phi) is 8.03. The second kappa shape index (κ2) is 9.19. The molecule has 2 aromatic rings. The van der Waals surface area contributed by atoms with Gasteiger partial charge in [0.15, 0.2) is 0 Å². The monoisotopic (exact) mass is 360 g/mol. The Labute approximate surface area is 145 Å². The van der Waals surface area contributed by atoms with E-state index in [-0.39, 0.29) is 30.9 Å². The van der Waals surface area contributed by atoms with E-state index in [1.165, 1.54) is 12.3 Å². The van der Waals surface area contributed by atoms with E-state index in [1.807, 2.05) is 13.0 Å². The maximum Gasteiger partial charge on any atom is 0.290 e. The van der Waals surface area contributed by atoms with Gasteiger partial charge in [0.05, 0.1) is 16.8 Å². The molecule has 0 aliphatic heterocycles. The molecule has 0 fully saturated rings. The second-order valence-corrected chi connectivity index (χ2v) is 4.26. The quantitative estimate of drug-likeness (QED) is 0.465. The molecule has 0 saturated heterocycles. The maximum atomic E-state index is 10.3. The molecular weight excluding hydrogens is 350 g/mol. The summed E-state index contributed by atoms with van der Waals surface area (Å²) in [6.45, 7) is 3.42. The summed E-state index contributed by atoms with van der Waals surface area (Å²) in [6.07, 6.45) is 2.59. The third kappa shape index (κ3) is 5.78. The molecule has 0 aliphatic carbocycles. The maximum absolute atomic E-state index is 10.3. The van der Waals surface area contributed by atoms with Gasteiger partial charge in [-0.15, -0.1) is 0 Å². The predicted octanol–water partition coefficient (Wildman–Crippen LogP) is 2.01. The van der Waals surface area contributed by atoms with E-state index in [4.69, 9.17) is 16.3 Å². The van der Waals surface area contributed by atoms with Crippen LogP contribution in [-0.2, 0) is 19.5 Å². The molecule has 0 unspecified atom stereocenters. The van der Waals surface area contributed by atoms with Gasteiger partial charge in [-0.1, -0.05) is 0 Å². The second-order valence-electron chi connectivity index (χ2n) is 4.26. The first-order valence-corrected chi connectivity index (χ1v) is 6.02. The van der Waals surface area contributed by atoms with Crippen molar-refractivity contribution in [2.24, 2.45) is 0 Å². The van der Waals surface area contributed by atoms with E-state index < -0.39 is 4.92 Å². The molecule has 0 spiro atoms. The van der Waals surface area contributed by atoms with Crippen molar-refractivity contribution < 1.29 is 24.4 Å². The molecule has 2 heterocycles. The average Bonchev–Trinajstić information content (AvgIpc) is 2.50. The number of nitrogen functional groups attached to an aromatic ring is 1. The summed E-state index contributed by atoms with van der Waals surface area (Å²) in [5.74, 6) is 0. The zero-order valence-electron chi connectivity index (χ0n) is 12.6. The van der Waals surface area contributed by atoms with Crippen LogP contribution in [0.5, 0.6) is 0 Å². The zero-order valence-corrected chi connectivity index (χ0v) is 15.6. The van der Waals surface area contributed by atoms with Crippen molar-refractivity contribution in [2.75, 3.05) is 5.73 Å². The number of nitrogens with zero attached hydrogens (tertiary/aromatic N) is 5. The topological polar surface area (TPSA) is 143 Å². The van der Waals surface area contributed by atoms with E-state index >= 15 is 0 Å². The van der Waals surface area contributed by atoms with E-state index in [9.17, 15) is 10.1 Å². The van der Waals surface area contributed by atoms with Crippen LogP contribution < -0.4 is 5.73 Å². The molecule has 2 rings (SSSR count). The van der Waals surface area contributed by atoms with E-state index in [2.05, 4.69) is 9.97 Å². The summed E-state index contributed by atoms with van der Waals surface area (Å²) >= 11 is 0. The molecule has 0 amide bonds. The molecule has 0 saturated carbocycles. The summed E-state index contributed by atoms with van der Waals surface area (Å²) in [6, 6.07) is 6.78. The molecule has 8 nitrogen and oxygen atoms in total. The van der Waals surface area contributed by atoms with Crippen LogP contribution in [0.4, 0.5) is 11.4 Å². The summed E-state index contributed by atoms with van der Waals surface area (Å²) in [5.41, 5.74) is 7.98. The minimum Gasteiger partial charge on any atom is -0.397 e. The number of anilines is 1. The van der Waals surface area contributed by atoms with Crippen LogP contribution in [0.2, 0.25) is 0 Å². The SMILES string of the molecule is Cc1cc(C#N)ncc1N.Cc1cc(C#N)ncc1[N+](=O)[O-].[Zn]. The molecule has 0 bridgehead atoms. The Bertz CT molecular complexity index is 795. The van der Waals surface area contributed by atoms with Crippen molar-refractivity contribution in [3.05, 3.63) is 57.2 Å². The first kappa shape index (κ1) is 20.1. The molecule has 112 valence electrons. The van der Waals surface area contributed by atoms with Crippen molar-refractivity contribution in [2.45, 2.75) is 13.8 Å². The number of aromatic nitrogens is 2. The smallest absolute Gasteiger partial charge is 0.290 e. The normalized spacial score (nSPS) is 8.52. The van der Waals surface area contributed by atoms with E-state index in [0.717, 1.165) is 11.8 Å². The van der Waals surface area contributed by atoms with Crippen LogP contribution in [0.25, 0.3) is 0 Å². The zero-order chi connectivity index (χ0) is 16.7. The van der Waals surface area contributed by atoms with Gasteiger partial charge in [0, 0.05) is 25.0 Å². The fourth-order valence-electron chi connectivity index (χ4n) is 1.43. The minimum atomic E-state index is -0.524. The number of nitro groups is 1. The van der Waals surface area contributed by atoms with Crippen molar-refractivity contribution >= 4 is 11.4 Å². The van der Waals surface area contributed by atoms with Gasteiger partial charge >= 0.3 is 0 Å².